The molecule has 0 atom stereocenters. The first-order chi connectivity index (χ1) is 25.6. The highest BCUT2D eigenvalue weighted by Gasteiger charge is 2.28. The van der Waals surface area contributed by atoms with Crippen molar-refractivity contribution in [3.8, 4) is 45.3 Å². The van der Waals surface area contributed by atoms with Gasteiger partial charge in [-0.2, -0.15) is 0 Å². The van der Waals surface area contributed by atoms with Crippen LogP contribution in [0, 0.1) is 0 Å². The molecule has 0 fully saturated rings. The molecule has 2 N–H and O–H groups in total. The van der Waals surface area contributed by atoms with Crippen molar-refractivity contribution in [1.82, 2.24) is 33.6 Å². The lowest BCUT2D eigenvalue weighted by Crippen LogP contribution is -2.29. The molecular weight excluding hydrogens is 703 g/mol. The van der Waals surface area contributed by atoms with Gasteiger partial charge in [-0.3, -0.25) is 0 Å². The van der Waals surface area contributed by atoms with E-state index in [0.717, 1.165) is 73.2 Å². The fourth-order valence-electron chi connectivity index (χ4n) is 7.74. The van der Waals surface area contributed by atoms with Crippen molar-refractivity contribution >= 4 is 69.6 Å². The normalized spacial score (nSPS) is 12.4. The molecule has 2 aliphatic heterocycles. The van der Waals surface area contributed by atoms with Gasteiger partial charge in [-0.1, -0.05) is 29.3 Å². The number of hydrogen-bond donors (Lipinski definition) is 2. The monoisotopic (exact) mass is 739 g/mol. The number of imidazole rings is 3. The lowest BCUT2D eigenvalue weighted by molar-refractivity contribution is -0.659. The van der Waals surface area contributed by atoms with E-state index in [-0.39, 0.29) is 0 Å². The van der Waals surface area contributed by atoms with Gasteiger partial charge in [0, 0.05) is 11.1 Å². The summed E-state index contributed by atoms with van der Waals surface area (Å²) in [4.78, 5) is 18.4. The van der Waals surface area contributed by atoms with Gasteiger partial charge in [-0.05, 0) is 60.7 Å². The number of nitrogens with zero attached hydrogens (tertiary/aromatic N) is 8. The SMILES string of the molecule is Cn1cc[n+](C)c1-c1c2nc(c(-c3c(Cl)cccc3Cl)c3nc(c(-c4n(C)cc[n+]4C)c4ccc([nH]4)c(-c4n(C)cc[n+]4C)c4ccc1[nH]4)C=C3)C=C2. The van der Waals surface area contributed by atoms with E-state index in [0.29, 0.717) is 27.0 Å². The lowest BCUT2D eigenvalue weighted by Gasteiger charge is -2.09. The summed E-state index contributed by atoms with van der Waals surface area (Å²) in [6, 6.07) is 14.1. The number of halogens is 2. The fraction of sp³-hybridized carbons (Fsp3) is 0.146. The van der Waals surface area contributed by atoms with Crippen molar-refractivity contribution in [3.05, 3.63) is 112 Å². The zero-order valence-electron chi connectivity index (χ0n) is 30.1. The molecule has 7 aromatic rings. The molecule has 8 heterocycles. The first kappa shape index (κ1) is 32.9. The first-order valence-corrected chi connectivity index (χ1v) is 18.0. The van der Waals surface area contributed by atoms with E-state index in [9.17, 15) is 0 Å². The summed E-state index contributed by atoms with van der Waals surface area (Å²) in [5.74, 6) is 3.00. The van der Waals surface area contributed by atoms with Crippen LogP contribution in [-0.2, 0) is 42.3 Å². The Kier molecular flexibility index (Phi) is 7.65. The van der Waals surface area contributed by atoms with Gasteiger partial charge >= 0.3 is 0 Å². The van der Waals surface area contributed by atoms with Gasteiger partial charge in [0.05, 0.1) is 97.2 Å². The number of hydrogen-bond acceptors (Lipinski definition) is 2. The second-order valence-corrected chi connectivity index (χ2v) is 14.4. The highest BCUT2D eigenvalue weighted by Crippen LogP contribution is 2.42. The molecule has 53 heavy (non-hydrogen) atoms. The third kappa shape index (κ3) is 5.20. The highest BCUT2D eigenvalue weighted by molar-refractivity contribution is 6.39. The maximum atomic E-state index is 6.97. The molecule has 0 amide bonds. The number of nitrogens with one attached hydrogen (secondary N) is 2. The Labute approximate surface area is 315 Å². The number of aromatic nitrogens is 10. The molecule has 0 aliphatic carbocycles. The minimum Gasteiger partial charge on any atom is -0.354 e. The Balaban J connectivity index is 1.53. The summed E-state index contributed by atoms with van der Waals surface area (Å²) in [6.45, 7) is 0. The Morgan fingerprint density at radius 3 is 1.17 bits per heavy atom. The van der Waals surface area contributed by atoms with E-state index in [1.807, 2.05) is 83.3 Å². The number of benzene rings is 1. The van der Waals surface area contributed by atoms with Gasteiger partial charge in [-0.25, -0.2) is 37.4 Å². The van der Waals surface area contributed by atoms with Crippen LogP contribution in [0.15, 0.2) is 79.6 Å². The van der Waals surface area contributed by atoms with Crippen LogP contribution in [0.5, 0.6) is 0 Å². The Hall–Kier alpha value is -5.97. The second kappa shape index (κ2) is 12.3. The molecule has 10 nitrogen and oxygen atoms in total. The molecule has 0 saturated heterocycles. The van der Waals surface area contributed by atoms with Crippen molar-refractivity contribution < 1.29 is 13.7 Å². The Morgan fingerprint density at radius 2 is 0.811 bits per heavy atom. The number of aryl methyl sites for hydroxylation is 6. The molecule has 9 rings (SSSR count). The van der Waals surface area contributed by atoms with Crippen LogP contribution in [0.2, 0.25) is 10.0 Å². The molecule has 12 heteroatoms. The minimum absolute atomic E-state index is 0.520. The molecule has 0 radical (unpaired) electrons. The predicted octanol–water partition coefficient (Wildman–Crippen LogP) is 7.12. The molecule has 0 spiro atoms. The number of aromatic amines is 2. The van der Waals surface area contributed by atoms with Crippen LogP contribution in [-0.4, -0.2) is 33.6 Å². The number of H-pyrrole nitrogens is 2. The van der Waals surface area contributed by atoms with Crippen molar-refractivity contribution in [2.75, 3.05) is 0 Å². The quantitative estimate of drug-likeness (QED) is 0.189. The van der Waals surface area contributed by atoms with Crippen LogP contribution in [0.4, 0.5) is 0 Å². The van der Waals surface area contributed by atoms with Gasteiger partial charge in [-0.15, -0.1) is 0 Å². The van der Waals surface area contributed by atoms with E-state index < -0.39 is 0 Å². The predicted molar refractivity (Wildman–Crippen MR) is 211 cm³/mol. The van der Waals surface area contributed by atoms with Crippen LogP contribution in [0.1, 0.15) is 22.8 Å². The van der Waals surface area contributed by atoms with Crippen LogP contribution < -0.4 is 13.7 Å². The van der Waals surface area contributed by atoms with Gasteiger partial charge in [0.25, 0.3) is 17.5 Å². The van der Waals surface area contributed by atoms with Crippen LogP contribution in [0.25, 0.3) is 91.7 Å². The average Bonchev–Trinajstić information content (AvgIpc) is 4.00. The summed E-state index contributed by atoms with van der Waals surface area (Å²) in [5.41, 5.74) is 11.1. The lowest BCUT2D eigenvalue weighted by atomic mass is 10.0. The summed E-state index contributed by atoms with van der Waals surface area (Å²) in [5, 5.41) is 1.04. The standard InChI is InChI=1S/C41H36Cl2N10/c1-48-18-19-49(2)39(48)36-28-12-10-26(44-28)35(34-24(42)8-7-9-25(34)43)27-11-13-29(45-27)37(40-50(3)20-21-51(40)4)31-15-17-33(47-31)38(32-16-14-30(36)46-32)41-52(5)22-23-53(41)6/h7-23H,1-6H3,(H,44,45,46,47)/q+2/p+1. The molecule has 0 unspecified atom stereocenters. The molecule has 8 bridgehead atoms. The maximum Gasteiger partial charge on any atom is 0.292 e. The maximum absolute atomic E-state index is 6.97. The van der Waals surface area contributed by atoms with Crippen molar-refractivity contribution in [3.63, 3.8) is 0 Å². The van der Waals surface area contributed by atoms with Crippen LogP contribution in [0.3, 0.4) is 0 Å². The first-order valence-electron chi connectivity index (χ1n) is 17.2. The Morgan fingerprint density at radius 1 is 0.472 bits per heavy atom. The van der Waals surface area contributed by atoms with Crippen molar-refractivity contribution in [2.24, 2.45) is 42.3 Å². The smallest absolute Gasteiger partial charge is 0.292 e. The summed E-state index contributed by atoms with van der Waals surface area (Å²) >= 11 is 13.9. The highest BCUT2D eigenvalue weighted by atomic mass is 35.5. The summed E-state index contributed by atoms with van der Waals surface area (Å²) in [7, 11) is 12.3. The zero-order chi connectivity index (χ0) is 36.7. The van der Waals surface area contributed by atoms with E-state index >= 15 is 0 Å². The van der Waals surface area contributed by atoms with Crippen molar-refractivity contribution in [1.29, 1.82) is 0 Å². The van der Waals surface area contributed by atoms with E-state index in [1.54, 1.807) is 0 Å². The molecule has 262 valence electrons. The minimum atomic E-state index is 0.520. The molecule has 2 aliphatic rings. The Bertz CT molecular complexity index is 2670. The van der Waals surface area contributed by atoms with Gasteiger partial charge in [0.1, 0.15) is 53.9 Å². The number of fused-ring (bicyclic) bond motifs is 8. The topological polar surface area (TPSA) is 83.8 Å². The summed E-state index contributed by atoms with van der Waals surface area (Å²) in [6.07, 6.45) is 20.5. The van der Waals surface area contributed by atoms with E-state index in [4.69, 9.17) is 33.2 Å². The van der Waals surface area contributed by atoms with Gasteiger partial charge < -0.3 is 9.97 Å². The summed E-state index contributed by atoms with van der Waals surface area (Å²) < 4.78 is 12.7. The van der Waals surface area contributed by atoms with E-state index in [2.05, 4.69) is 100 Å². The zero-order valence-corrected chi connectivity index (χ0v) is 31.7. The molecular formula is C41H37Cl2N10+3. The average molecular weight is 741 g/mol. The molecule has 0 saturated carbocycles. The van der Waals surface area contributed by atoms with Gasteiger partial charge in [0.2, 0.25) is 0 Å². The third-order valence-electron chi connectivity index (χ3n) is 10.2. The van der Waals surface area contributed by atoms with Gasteiger partial charge in [0.15, 0.2) is 0 Å². The molecule has 1 aromatic carbocycles. The van der Waals surface area contributed by atoms with Crippen LogP contribution >= 0.6 is 23.2 Å². The fourth-order valence-corrected chi connectivity index (χ4v) is 8.33. The largest absolute Gasteiger partial charge is 0.354 e. The molecule has 6 aromatic heterocycles. The van der Waals surface area contributed by atoms with E-state index in [1.165, 1.54) is 0 Å². The second-order valence-electron chi connectivity index (χ2n) is 13.6. The number of rotatable bonds is 4. The van der Waals surface area contributed by atoms with Crippen molar-refractivity contribution in [2.45, 2.75) is 0 Å². The third-order valence-corrected chi connectivity index (χ3v) is 10.8.